The highest BCUT2D eigenvalue weighted by molar-refractivity contribution is 6.05. The number of benzene rings is 1. The van der Waals surface area contributed by atoms with Crippen LogP contribution in [0, 0.1) is 0 Å². The second kappa shape index (κ2) is 29.1. The summed E-state index contributed by atoms with van der Waals surface area (Å²) in [5.74, 6) is -2.37. The van der Waals surface area contributed by atoms with Crippen LogP contribution < -0.4 is 16.0 Å². The van der Waals surface area contributed by atoms with Crippen LogP contribution in [-0.2, 0) is 4.79 Å². The van der Waals surface area contributed by atoms with E-state index >= 15 is 0 Å². The summed E-state index contributed by atoms with van der Waals surface area (Å²) in [5, 5.41) is 18.3. The highest BCUT2D eigenvalue weighted by Crippen LogP contribution is 2.15. The Kier molecular flexibility index (Phi) is 26.1. The van der Waals surface area contributed by atoms with E-state index in [0.717, 1.165) is 57.8 Å². The largest absolute Gasteiger partial charge is 0.480 e. The zero-order chi connectivity index (χ0) is 35.2. The highest BCUT2D eigenvalue weighted by atomic mass is 16.4. The third-order valence-electron chi connectivity index (χ3n) is 9.05. The monoisotopic (exact) mass is 672 g/mol. The van der Waals surface area contributed by atoms with Crippen molar-refractivity contribution < 1.29 is 24.3 Å². The van der Waals surface area contributed by atoms with Crippen molar-refractivity contribution in [1.29, 1.82) is 0 Å². The summed E-state index contributed by atoms with van der Waals surface area (Å²) >= 11 is 0. The van der Waals surface area contributed by atoms with Gasteiger partial charge in [0.25, 0.3) is 17.7 Å². The van der Waals surface area contributed by atoms with Gasteiger partial charge in [0.05, 0.1) is 0 Å². The van der Waals surface area contributed by atoms with Crippen molar-refractivity contribution in [2.45, 2.75) is 181 Å². The standard InChI is InChI=1S/C40H69N3O5/c1-4-7-10-13-16-19-22-25-28-41-37(44)33-30-34(38(45)42-29-26-23-20-17-14-11-8-5-2)32-35(31-33)39(46)43-36(40(47)48)27-24-21-18-15-12-9-6-3/h30-32,36H,4-29H2,1-3H3,(H,41,44)(H,42,45)(H,43,46)(H,47,48). The molecule has 0 bridgehead atoms. The Morgan fingerprint density at radius 3 is 1.15 bits per heavy atom. The highest BCUT2D eigenvalue weighted by Gasteiger charge is 2.22. The van der Waals surface area contributed by atoms with Gasteiger partial charge in [0, 0.05) is 29.8 Å². The van der Waals surface area contributed by atoms with E-state index in [2.05, 4.69) is 36.7 Å². The third kappa shape index (κ3) is 21.1. The van der Waals surface area contributed by atoms with Gasteiger partial charge in [-0.05, 0) is 37.5 Å². The molecule has 1 unspecified atom stereocenters. The topological polar surface area (TPSA) is 125 Å². The summed E-state index contributed by atoms with van der Waals surface area (Å²) in [4.78, 5) is 51.6. The van der Waals surface area contributed by atoms with Gasteiger partial charge < -0.3 is 21.1 Å². The van der Waals surface area contributed by atoms with Crippen molar-refractivity contribution in [2.75, 3.05) is 13.1 Å². The summed E-state index contributed by atoms with van der Waals surface area (Å²) in [7, 11) is 0. The van der Waals surface area contributed by atoms with Gasteiger partial charge in [0.2, 0.25) is 0 Å². The van der Waals surface area contributed by atoms with Gasteiger partial charge in [-0.2, -0.15) is 0 Å². The first-order chi connectivity index (χ1) is 23.3. The van der Waals surface area contributed by atoms with Crippen LogP contribution in [0.15, 0.2) is 18.2 Å². The molecule has 0 radical (unpaired) electrons. The maximum atomic E-state index is 13.3. The van der Waals surface area contributed by atoms with E-state index in [1.54, 1.807) is 0 Å². The molecule has 0 fully saturated rings. The van der Waals surface area contributed by atoms with Gasteiger partial charge in [-0.1, -0.05) is 156 Å². The molecule has 0 aliphatic carbocycles. The summed E-state index contributed by atoms with van der Waals surface area (Å²) in [5.41, 5.74) is 0.551. The Balaban J connectivity index is 2.83. The van der Waals surface area contributed by atoms with Gasteiger partial charge in [-0.15, -0.1) is 0 Å². The lowest BCUT2D eigenvalue weighted by Gasteiger charge is -2.16. The molecule has 8 heteroatoms. The minimum Gasteiger partial charge on any atom is -0.480 e. The van der Waals surface area contributed by atoms with E-state index in [1.807, 2.05) is 0 Å². The van der Waals surface area contributed by atoms with Crippen LogP contribution in [0.25, 0.3) is 0 Å². The maximum Gasteiger partial charge on any atom is 0.326 e. The van der Waals surface area contributed by atoms with Crippen LogP contribution in [0.2, 0.25) is 0 Å². The minimum absolute atomic E-state index is 0.109. The number of hydrogen-bond donors (Lipinski definition) is 4. The van der Waals surface area contributed by atoms with Gasteiger partial charge in [0.1, 0.15) is 6.04 Å². The average Bonchev–Trinajstić information content (AvgIpc) is 3.08. The lowest BCUT2D eigenvalue weighted by atomic mass is 10.0. The molecule has 48 heavy (non-hydrogen) atoms. The fourth-order valence-corrected chi connectivity index (χ4v) is 5.95. The minimum atomic E-state index is -1.09. The van der Waals surface area contributed by atoms with E-state index in [4.69, 9.17) is 0 Å². The molecule has 0 aliphatic rings. The van der Waals surface area contributed by atoms with Crippen LogP contribution in [0.3, 0.4) is 0 Å². The van der Waals surface area contributed by atoms with Crippen LogP contribution in [0.4, 0.5) is 0 Å². The van der Waals surface area contributed by atoms with Gasteiger partial charge in [-0.25, -0.2) is 4.79 Å². The van der Waals surface area contributed by atoms with E-state index in [-0.39, 0.29) is 28.5 Å². The van der Waals surface area contributed by atoms with Gasteiger partial charge in [-0.3, -0.25) is 14.4 Å². The number of amides is 3. The van der Waals surface area contributed by atoms with E-state index in [0.29, 0.717) is 25.9 Å². The molecule has 1 aromatic rings. The number of aliphatic carboxylic acids is 1. The summed E-state index contributed by atoms with van der Waals surface area (Å²) in [6.07, 6.45) is 26.3. The first-order valence-electron chi connectivity index (χ1n) is 19.6. The molecule has 1 aromatic carbocycles. The second-order valence-corrected chi connectivity index (χ2v) is 13.5. The number of nitrogens with one attached hydrogen (secondary N) is 3. The van der Waals surface area contributed by atoms with Gasteiger partial charge >= 0.3 is 5.97 Å². The van der Waals surface area contributed by atoms with Crippen LogP contribution in [0.5, 0.6) is 0 Å². The van der Waals surface area contributed by atoms with Crippen molar-refractivity contribution in [2.24, 2.45) is 0 Å². The number of carboxylic acid groups (broad SMARTS) is 1. The smallest absolute Gasteiger partial charge is 0.326 e. The molecular weight excluding hydrogens is 602 g/mol. The first-order valence-corrected chi connectivity index (χ1v) is 19.6. The molecule has 0 spiro atoms. The average molecular weight is 672 g/mol. The molecule has 0 saturated carbocycles. The van der Waals surface area contributed by atoms with Crippen LogP contribution in [-0.4, -0.2) is 47.9 Å². The fraction of sp³-hybridized carbons (Fsp3) is 0.750. The van der Waals surface area contributed by atoms with Crippen LogP contribution >= 0.6 is 0 Å². The van der Waals surface area contributed by atoms with Crippen molar-refractivity contribution in [3.63, 3.8) is 0 Å². The quantitative estimate of drug-likeness (QED) is 0.0585. The Bertz CT molecular complexity index is 976. The number of carbonyl (C=O) groups excluding carboxylic acids is 3. The van der Waals surface area contributed by atoms with E-state index in [9.17, 15) is 24.3 Å². The summed E-state index contributed by atoms with van der Waals surface area (Å²) < 4.78 is 0. The van der Waals surface area contributed by atoms with Crippen LogP contribution in [0.1, 0.15) is 206 Å². The molecule has 1 rings (SSSR count). The number of rotatable bonds is 31. The molecular formula is C40H69N3O5. The zero-order valence-corrected chi connectivity index (χ0v) is 30.8. The lowest BCUT2D eigenvalue weighted by Crippen LogP contribution is -2.41. The Morgan fingerprint density at radius 2 is 0.792 bits per heavy atom. The number of carboxylic acids is 1. The summed E-state index contributed by atoms with van der Waals surface area (Å²) in [6, 6.07) is 3.41. The molecule has 274 valence electrons. The van der Waals surface area contributed by atoms with Crippen molar-refractivity contribution >= 4 is 23.7 Å². The first kappa shape index (κ1) is 43.1. The molecule has 8 nitrogen and oxygen atoms in total. The van der Waals surface area contributed by atoms with Crippen molar-refractivity contribution in [1.82, 2.24) is 16.0 Å². The zero-order valence-electron chi connectivity index (χ0n) is 30.8. The third-order valence-corrected chi connectivity index (χ3v) is 9.05. The molecule has 0 saturated heterocycles. The van der Waals surface area contributed by atoms with Crippen molar-refractivity contribution in [3.8, 4) is 0 Å². The molecule has 0 aromatic heterocycles. The Labute approximate surface area is 292 Å². The lowest BCUT2D eigenvalue weighted by molar-refractivity contribution is -0.139. The molecule has 3 amide bonds. The number of hydrogen-bond acceptors (Lipinski definition) is 4. The predicted octanol–water partition coefficient (Wildman–Crippen LogP) is 9.75. The molecule has 4 N–H and O–H groups in total. The molecule has 0 aliphatic heterocycles. The normalized spacial score (nSPS) is 11.6. The Morgan fingerprint density at radius 1 is 0.479 bits per heavy atom. The number of unbranched alkanes of at least 4 members (excludes halogenated alkanes) is 20. The molecule has 0 heterocycles. The fourth-order valence-electron chi connectivity index (χ4n) is 5.95. The maximum absolute atomic E-state index is 13.3. The molecule has 1 atom stereocenters. The SMILES string of the molecule is CCCCCCCCCCNC(=O)c1cc(C(=O)NCCCCCCCCCC)cc(C(=O)NC(CCCCCCCCC)C(=O)O)c1. The second-order valence-electron chi connectivity index (χ2n) is 13.5. The van der Waals surface area contributed by atoms with E-state index in [1.165, 1.54) is 102 Å². The predicted molar refractivity (Wildman–Crippen MR) is 198 cm³/mol. The van der Waals surface area contributed by atoms with Gasteiger partial charge in [0.15, 0.2) is 0 Å². The van der Waals surface area contributed by atoms with Crippen molar-refractivity contribution in [3.05, 3.63) is 34.9 Å². The number of carbonyl (C=O) groups is 4. The van der Waals surface area contributed by atoms with E-state index < -0.39 is 17.9 Å². The summed E-state index contributed by atoms with van der Waals surface area (Å²) in [6.45, 7) is 7.63. The Hall–Kier alpha value is -2.90.